The summed E-state index contributed by atoms with van der Waals surface area (Å²) in [5, 5.41) is 24.0. The van der Waals surface area contributed by atoms with E-state index in [0.717, 1.165) is 0 Å². The highest BCUT2D eigenvalue weighted by Gasteiger charge is 2.12. The smallest absolute Gasteiger partial charge is 0.273 e. The third-order valence-corrected chi connectivity index (χ3v) is 3.79. The van der Waals surface area contributed by atoms with Crippen molar-refractivity contribution in [2.24, 2.45) is 0 Å². The first-order chi connectivity index (χ1) is 11.5. The van der Waals surface area contributed by atoms with Gasteiger partial charge in [-0.3, -0.25) is 10.1 Å². The van der Waals surface area contributed by atoms with Crippen molar-refractivity contribution in [1.29, 1.82) is 0 Å². The van der Waals surface area contributed by atoms with Crippen LogP contribution >= 0.6 is 0 Å². The molecule has 0 radical (unpaired) electrons. The molecule has 0 aromatic heterocycles. The average molecular weight is 330 g/mol. The van der Waals surface area contributed by atoms with E-state index < -0.39 is 11.0 Å². The molecule has 0 bridgehead atoms. The second-order valence-electron chi connectivity index (χ2n) is 5.71. The topological polar surface area (TPSA) is 84.6 Å². The average Bonchev–Trinajstić information content (AvgIpc) is 2.58. The summed E-state index contributed by atoms with van der Waals surface area (Å²) in [5.74, 6) is 0.371. The van der Waals surface area contributed by atoms with E-state index in [0.29, 0.717) is 12.3 Å². The zero-order valence-corrected chi connectivity index (χ0v) is 13.8. The predicted molar refractivity (Wildman–Crippen MR) is 92.2 cm³/mol. The zero-order valence-electron chi connectivity index (χ0n) is 13.8. The highest BCUT2D eigenvalue weighted by Crippen LogP contribution is 2.19. The monoisotopic (exact) mass is 330 g/mol. The van der Waals surface area contributed by atoms with E-state index >= 15 is 0 Å². The van der Waals surface area contributed by atoms with Crippen LogP contribution in [0.4, 0.5) is 5.69 Å². The van der Waals surface area contributed by atoms with E-state index in [1.807, 2.05) is 19.1 Å². The molecular formula is C18H22N2O4. The first kappa shape index (κ1) is 17.9. The van der Waals surface area contributed by atoms with E-state index in [9.17, 15) is 15.2 Å². The summed E-state index contributed by atoms with van der Waals surface area (Å²) in [4.78, 5) is 10.2. The molecule has 0 heterocycles. The fraction of sp³-hybridized carbons (Fsp3) is 0.333. The minimum Gasteiger partial charge on any atom is -0.491 e. The van der Waals surface area contributed by atoms with E-state index in [2.05, 4.69) is 24.4 Å². The van der Waals surface area contributed by atoms with Crippen molar-refractivity contribution in [1.82, 2.24) is 5.32 Å². The van der Waals surface area contributed by atoms with Gasteiger partial charge in [-0.1, -0.05) is 30.3 Å². The number of hydrogen-bond donors (Lipinski definition) is 2. The Bertz CT molecular complexity index is 690. The largest absolute Gasteiger partial charge is 0.491 e. The lowest BCUT2D eigenvalue weighted by molar-refractivity contribution is -0.384. The number of nitro benzene ring substituents is 1. The van der Waals surface area contributed by atoms with Crippen molar-refractivity contribution in [3.05, 3.63) is 69.8 Å². The molecule has 2 aromatic carbocycles. The molecule has 0 aliphatic heterocycles. The maximum absolute atomic E-state index is 10.7. The van der Waals surface area contributed by atoms with E-state index in [-0.39, 0.29) is 18.3 Å². The third kappa shape index (κ3) is 5.04. The summed E-state index contributed by atoms with van der Waals surface area (Å²) in [6, 6.07) is 14.1. The van der Waals surface area contributed by atoms with E-state index in [4.69, 9.17) is 4.74 Å². The van der Waals surface area contributed by atoms with Crippen LogP contribution in [0.5, 0.6) is 5.75 Å². The zero-order chi connectivity index (χ0) is 17.5. The molecule has 128 valence electrons. The standard InChI is InChI=1S/C18H22N2O4/c1-13-6-3-4-9-18(13)14(2)19-11-16(21)12-24-17-8-5-7-15(10-17)20(22)23/h3-10,14,16,19,21H,11-12H2,1-2H3/t14-,16-/m1/s1. The Balaban J connectivity index is 1.81. The van der Waals surface area contributed by atoms with Crippen LogP contribution in [0.1, 0.15) is 24.1 Å². The molecule has 0 amide bonds. The number of nitrogens with zero attached hydrogens (tertiary/aromatic N) is 1. The van der Waals surface area contributed by atoms with Gasteiger partial charge in [0.1, 0.15) is 18.5 Å². The summed E-state index contributed by atoms with van der Waals surface area (Å²) >= 11 is 0. The molecule has 24 heavy (non-hydrogen) atoms. The fourth-order valence-electron chi connectivity index (χ4n) is 2.43. The lowest BCUT2D eigenvalue weighted by Crippen LogP contribution is -2.33. The van der Waals surface area contributed by atoms with Crippen LogP contribution in [-0.2, 0) is 0 Å². The maximum atomic E-state index is 10.7. The van der Waals surface area contributed by atoms with Crippen molar-refractivity contribution in [3.8, 4) is 5.75 Å². The highest BCUT2D eigenvalue weighted by atomic mass is 16.6. The van der Waals surface area contributed by atoms with Crippen LogP contribution in [0.3, 0.4) is 0 Å². The number of aliphatic hydroxyl groups excluding tert-OH is 1. The molecule has 2 atom stereocenters. The Morgan fingerprint density at radius 1 is 1.25 bits per heavy atom. The van der Waals surface area contributed by atoms with Gasteiger partial charge in [-0.2, -0.15) is 0 Å². The van der Waals surface area contributed by atoms with Crippen molar-refractivity contribution >= 4 is 5.69 Å². The number of hydrogen-bond acceptors (Lipinski definition) is 5. The van der Waals surface area contributed by atoms with Crippen molar-refractivity contribution in [3.63, 3.8) is 0 Å². The molecule has 0 unspecified atom stereocenters. The van der Waals surface area contributed by atoms with Crippen molar-refractivity contribution in [2.45, 2.75) is 26.0 Å². The van der Waals surface area contributed by atoms with Gasteiger partial charge in [-0.15, -0.1) is 0 Å². The van der Waals surface area contributed by atoms with Gasteiger partial charge in [-0.25, -0.2) is 0 Å². The van der Waals surface area contributed by atoms with Crippen molar-refractivity contribution < 1.29 is 14.8 Å². The van der Waals surface area contributed by atoms with Crippen LogP contribution in [0.25, 0.3) is 0 Å². The normalized spacial score (nSPS) is 13.3. The van der Waals surface area contributed by atoms with Crippen LogP contribution in [0, 0.1) is 17.0 Å². The molecule has 0 saturated carbocycles. The molecule has 2 rings (SSSR count). The lowest BCUT2D eigenvalue weighted by atomic mass is 10.0. The second kappa shape index (κ2) is 8.42. The van der Waals surface area contributed by atoms with Gasteiger partial charge in [0.05, 0.1) is 11.0 Å². The van der Waals surface area contributed by atoms with Gasteiger partial charge in [0.15, 0.2) is 0 Å². The lowest BCUT2D eigenvalue weighted by Gasteiger charge is -2.19. The Morgan fingerprint density at radius 3 is 2.71 bits per heavy atom. The molecule has 2 N–H and O–H groups in total. The molecule has 6 heteroatoms. The summed E-state index contributed by atoms with van der Waals surface area (Å²) < 4.78 is 5.43. The van der Waals surface area contributed by atoms with Gasteiger partial charge < -0.3 is 15.2 Å². The van der Waals surface area contributed by atoms with Gasteiger partial charge in [-0.05, 0) is 31.0 Å². The SMILES string of the molecule is Cc1ccccc1[C@@H](C)NC[C@@H](O)COc1cccc([N+](=O)[O-])c1. The number of benzene rings is 2. The minimum absolute atomic E-state index is 0.0340. The molecule has 0 spiro atoms. The Kier molecular flexibility index (Phi) is 6.28. The summed E-state index contributed by atoms with van der Waals surface area (Å²) in [6.07, 6.45) is -0.712. The molecule has 6 nitrogen and oxygen atoms in total. The Hall–Kier alpha value is -2.44. The Labute approximate surface area is 141 Å². The number of nitrogens with one attached hydrogen (secondary N) is 1. The molecule has 2 aromatic rings. The molecule has 0 aliphatic rings. The second-order valence-corrected chi connectivity index (χ2v) is 5.71. The highest BCUT2D eigenvalue weighted by molar-refractivity contribution is 5.37. The molecule has 0 fully saturated rings. The van der Waals surface area contributed by atoms with E-state index in [1.54, 1.807) is 12.1 Å². The number of nitro groups is 1. The van der Waals surface area contributed by atoms with Gasteiger partial charge in [0.25, 0.3) is 5.69 Å². The van der Waals surface area contributed by atoms with Crippen molar-refractivity contribution in [2.75, 3.05) is 13.2 Å². The summed E-state index contributed by atoms with van der Waals surface area (Å²) in [7, 11) is 0. The number of rotatable bonds is 8. The van der Waals surface area contributed by atoms with Crippen LogP contribution in [-0.4, -0.2) is 29.3 Å². The summed E-state index contributed by atoms with van der Waals surface area (Å²) in [5.41, 5.74) is 2.34. The third-order valence-electron chi connectivity index (χ3n) is 3.79. The molecule has 0 saturated heterocycles. The number of non-ortho nitro benzene ring substituents is 1. The Morgan fingerprint density at radius 2 is 2.00 bits per heavy atom. The molecule has 0 aliphatic carbocycles. The van der Waals surface area contributed by atoms with E-state index in [1.165, 1.54) is 23.3 Å². The van der Waals surface area contributed by atoms with Crippen LogP contribution in [0.2, 0.25) is 0 Å². The minimum atomic E-state index is -0.712. The summed E-state index contributed by atoms with van der Waals surface area (Å²) in [6.45, 7) is 4.52. The number of aryl methyl sites for hydroxylation is 1. The predicted octanol–water partition coefficient (Wildman–Crippen LogP) is 2.99. The van der Waals surface area contributed by atoms with Crippen LogP contribution in [0.15, 0.2) is 48.5 Å². The quantitative estimate of drug-likeness (QED) is 0.574. The van der Waals surface area contributed by atoms with Gasteiger partial charge >= 0.3 is 0 Å². The van der Waals surface area contributed by atoms with Gasteiger partial charge in [0.2, 0.25) is 0 Å². The first-order valence-electron chi connectivity index (χ1n) is 7.81. The number of ether oxygens (including phenoxy) is 1. The van der Waals surface area contributed by atoms with Crippen LogP contribution < -0.4 is 10.1 Å². The van der Waals surface area contributed by atoms with Gasteiger partial charge in [0, 0.05) is 18.7 Å². The first-order valence-corrected chi connectivity index (χ1v) is 7.81. The fourth-order valence-corrected chi connectivity index (χ4v) is 2.43. The maximum Gasteiger partial charge on any atom is 0.273 e. The number of aliphatic hydroxyl groups is 1. The molecular weight excluding hydrogens is 308 g/mol.